The SMILES string of the molecule is Cc1ccc(OC(C)C(=O)NCC2CCCNC2)cc1. The predicted octanol–water partition coefficient (Wildman–Crippen LogP) is 1.88. The Bertz CT molecular complexity index is 425. The van der Waals surface area contributed by atoms with Crippen LogP contribution in [0.1, 0.15) is 25.3 Å². The lowest BCUT2D eigenvalue weighted by atomic mass is 10.00. The molecule has 0 aliphatic carbocycles. The van der Waals surface area contributed by atoms with E-state index in [0.717, 1.165) is 25.4 Å². The van der Waals surface area contributed by atoms with E-state index < -0.39 is 6.10 Å². The first-order chi connectivity index (χ1) is 9.65. The second kappa shape index (κ2) is 7.29. The number of nitrogens with one attached hydrogen (secondary N) is 2. The Hall–Kier alpha value is -1.55. The van der Waals surface area contributed by atoms with Gasteiger partial charge in [-0.25, -0.2) is 0 Å². The molecular weight excluding hydrogens is 252 g/mol. The minimum Gasteiger partial charge on any atom is -0.481 e. The lowest BCUT2D eigenvalue weighted by molar-refractivity contribution is -0.127. The number of carbonyl (C=O) groups is 1. The molecule has 0 bridgehead atoms. The second-order valence-electron chi connectivity index (χ2n) is 5.53. The summed E-state index contributed by atoms with van der Waals surface area (Å²) in [4.78, 5) is 12.0. The highest BCUT2D eigenvalue weighted by Crippen LogP contribution is 2.13. The van der Waals surface area contributed by atoms with Crippen LogP contribution in [0, 0.1) is 12.8 Å². The van der Waals surface area contributed by atoms with Crippen LogP contribution < -0.4 is 15.4 Å². The van der Waals surface area contributed by atoms with Gasteiger partial charge in [0.05, 0.1) is 0 Å². The third-order valence-electron chi connectivity index (χ3n) is 3.67. The molecular formula is C16H24N2O2. The number of benzene rings is 1. The molecule has 1 aliphatic rings. The fourth-order valence-electron chi connectivity index (χ4n) is 2.36. The van der Waals surface area contributed by atoms with E-state index in [1.165, 1.54) is 18.4 Å². The molecule has 0 spiro atoms. The monoisotopic (exact) mass is 276 g/mol. The molecule has 2 rings (SSSR count). The number of hydrogen-bond donors (Lipinski definition) is 2. The predicted molar refractivity (Wildman–Crippen MR) is 79.9 cm³/mol. The van der Waals surface area contributed by atoms with Crippen LogP contribution in [0.5, 0.6) is 5.75 Å². The van der Waals surface area contributed by atoms with Crippen molar-refractivity contribution < 1.29 is 9.53 Å². The van der Waals surface area contributed by atoms with Crippen molar-refractivity contribution in [2.75, 3.05) is 19.6 Å². The maximum atomic E-state index is 12.0. The summed E-state index contributed by atoms with van der Waals surface area (Å²) in [5.41, 5.74) is 1.18. The van der Waals surface area contributed by atoms with Gasteiger partial charge in [0, 0.05) is 6.54 Å². The van der Waals surface area contributed by atoms with Crippen LogP contribution in [0.3, 0.4) is 0 Å². The van der Waals surface area contributed by atoms with E-state index in [9.17, 15) is 4.79 Å². The molecule has 2 N–H and O–H groups in total. The second-order valence-corrected chi connectivity index (χ2v) is 5.53. The van der Waals surface area contributed by atoms with E-state index >= 15 is 0 Å². The maximum absolute atomic E-state index is 12.0. The van der Waals surface area contributed by atoms with Gasteiger partial charge in [-0.3, -0.25) is 4.79 Å². The number of carbonyl (C=O) groups excluding carboxylic acids is 1. The standard InChI is InChI=1S/C16H24N2O2/c1-12-5-7-15(8-6-12)20-13(2)16(19)18-11-14-4-3-9-17-10-14/h5-8,13-14,17H,3-4,9-11H2,1-2H3,(H,18,19). The summed E-state index contributed by atoms with van der Waals surface area (Å²) in [5, 5.41) is 6.33. The molecule has 1 aromatic rings. The molecule has 4 heteroatoms. The summed E-state index contributed by atoms with van der Waals surface area (Å²) < 4.78 is 5.64. The van der Waals surface area contributed by atoms with Gasteiger partial charge < -0.3 is 15.4 Å². The normalized spacial score (nSPS) is 20.2. The van der Waals surface area contributed by atoms with Crippen molar-refractivity contribution in [1.29, 1.82) is 0 Å². The topological polar surface area (TPSA) is 50.4 Å². The van der Waals surface area contributed by atoms with Crippen molar-refractivity contribution in [2.24, 2.45) is 5.92 Å². The molecule has 1 amide bonds. The van der Waals surface area contributed by atoms with Gasteiger partial charge in [0.2, 0.25) is 0 Å². The van der Waals surface area contributed by atoms with Crippen LogP contribution >= 0.6 is 0 Å². The summed E-state index contributed by atoms with van der Waals surface area (Å²) >= 11 is 0. The van der Waals surface area contributed by atoms with E-state index in [-0.39, 0.29) is 5.91 Å². The van der Waals surface area contributed by atoms with Gasteiger partial charge in [0.1, 0.15) is 5.75 Å². The molecule has 0 radical (unpaired) electrons. The van der Waals surface area contributed by atoms with Crippen molar-refractivity contribution in [1.82, 2.24) is 10.6 Å². The minimum absolute atomic E-state index is 0.0452. The smallest absolute Gasteiger partial charge is 0.260 e. The van der Waals surface area contributed by atoms with Gasteiger partial charge in [-0.05, 0) is 57.8 Å². The Labute approximate surface area is 120 Å². The molecule has 1 saturated heterocycles. The molecule has 2 unspecified atom stereocenters. The zero-order valence-electron chi connectivity index (χ0n) is 12.3. The Morgan fingerprint density at radius 2 is 2.20 bits per heavy atom. The van der Waals surface area contributed by atoms with E-state index in [1.54, 1.807) is 6.92 Å². The number of piperidine rings is 1. The molecule has 4 nitrogen and oxygen atoms in total. The number of aryl methyl sites for hydroxylation is 1. The highest BCUT2D eigenvalue weighted by atomic mass is 16.5. The van der Waals surface area contributed by atoms with Crippen LogP contribution in [0.15, 0.2) is 24.3 Å². The van der Waals surface area contributed by atoms with Crippen LogP contribution in [0.2, 0.25) is 0 Å². The largest absolute Gasteiger partial charge is 0.481 e. The van der Waals surface area contributed by atoms with Crippen LogP contribution in [0.4, 0.5) is 0 Å². The quantitative estimate of drug-likeness (QED) is 0.863. The van der Waals surface area contributed by atoms with E-state index in [1.807, 2.05) is 31.2 Å². The molecule has 1 aliphatic heterocycles. The van der Waals surface area contributed by atoms with Gasteiger partial charge in [0.25, 0.3) is 5.91 Å². The molecule has 0 saturated carbocycles. The Morgan fingerprint density at radius 3 is 2.85 bits per heavy atom. The third kappa shape index (κ3) is 4.53. The van der Waals surface area contributed by atoms with Gasteiger partial charge >= 0.3 is 0 Å². The Kier molecular flexibility index (Phi) is 5.41. The zero-order valence-corrected chi connectivity index (χ0v) is 12.3. The van der Waals surface area contributed by atoms with Crippen molar-refractivity contribution >= 4 is 5.91 Å². The summed E-state index contributed by atoms with van der Waals surface area (Å²) in [5.74, 6) is 1.23. The first-order valence-electron chi connectivity index (χ1n) is 7.37. The first-order valence-corrected chi connectivity index (χ1v) is 7.37. The molecule has 1 heterocycles. The molecule has 1 fully saturated rings. The van der Waals surface area contributed by atoms with Crippen LogP contribution in [-0.2, 0) is 4.79 Å². The van der Waals surface area contributed by atoms with Crippen LogP contribution in [-0.4, -0.2) is 31.6 Å². The van der Waals surface area contributed by atoms with E-state index in [2.05, 4.69) is 10.6 Å². The average molecular weight is 276 g/mol. The Morgan fingerprint density at radius 1 is 1.45 bits per heavy atom. The Balaban J connectivity index is 1.75. The summed E-state index contributed by atoms with van der Waals surface area (Å²) in [6.45, 7) is 6.63. The summed E-state index contributed by atoms with van der Waals surface area (Å²) in [6, 6.07) is 7.75. The van der Waals surface area contributed by atoms with E-state index in [0.29, 0.717) is 5.92 Å². The lowest BCUT2D eigenvalue weighted by Crippen LogP contribution is -2.42. The van der Waals surface area contributed by atoms with Gasteiger partial charge in [-0.2, -0.15) is 0 Å². The van der Waals surface area contributed by atoms with Crippen molar-refractivity contribution in [3.8, 4) is 5.75 Å². The zero-order chi connectivity index (χ0) is 14.4. The molecule has 1 aromatic carbocycles. The number of hydrogen-bond acceptors (Lipinski definition) is 3. The lowest BCUT2D eigenvalue weighted by Gasteiger charge is -2.23. The summed E-state index contributed by atoms with van der Waals surface area (Å²) in [7, 11) is 0. The number of rotatable bonds is 5. The minimum atomic E-state index is -0.464. The van der Waals surface area contributed by atoms with Gasteiger partial charge in [-0.15, -0.1) is 0 Å². The fourth-order valence-corrected chi connectivity index (χ4v) is 2.36. The molecule has 110 valence electrons. The van der Waals surface area contributed by atoms with Gasteiger partial charge in [0.15, 0.2) is 6.10 Å². The van der Waals surface area contributed by atoms with E-state index in [4.69, 9.17) is 4.74 Å². The van der Waals surface area contributed by atoms with Crippen molar-refractivity contribution in [2.45, 2.75) is 32.8 Å². The molecule has 20 heavy (non-hydrogen) atoms. The average Bonchev–Trinajstić information content (AvgIpc) is 2.48. The van der Waals surface area contributed by atoms with Gasteiger partial charge in [-0.1, -0.05) is 17.7 Å². The summed E-state index contributed by atoms with van der Waals surface area (Å²) in [6.07, 6.45) is 1.91. The molecule has 0 aromatic heterocycles. The van der Waals surface area contributed by atoms with Crippen LogP contribution in [0.25, 0.3) is 0 Å². The van der Waals surface area contributed by atoms with Crippen molar-refractivity contribution in [3.63, 3.8) is 0 Å². The third-order valence-corrected chi connectivity index (χ3v) is 3.67. The highest BCUT2D eigenvalue weighted by molar-refractivity contribution is 5.80. The first kappa shape index (κ1) is 14.9. The van der Waals surface area contributed by atoms with Crippen molar-refractivity contribution in [3.05, 3.63) is 29.8 Å². The number of amides is 1. The number of ether oxygens (including phenoxy) is 1. The fraction of sp³-hybridized carbons (Fsp3) is 0.562. The maximum Gasteiger partial charge on any atom is 0.260 e. The highest BCUT2D eigenvalue weighted by Gasteiger charge is 2.18. The molecule has 2 atom stereocenters.